The number of hydrogen-bond acceptors (Lipinski definition) is 4. The summed E-state index contributed by atoms with van der Waals surface area (Å²) in [7, 11) is -4.16. The average molecular weight is 410 g/mol. The lowest BCUT2D eigenvalue weighted by atomic mass is 10.0. The summed E-state index contributed by atoms with van der Waals surface area (Å²) in [5, 5.41) is 2.79. The minimum atomic E-state index is -4.16. The molecule has 0 aliphatic carbocycles. The van der Waals surface area contributed by atoms with Crippen molar-refractivity contribution < 1.29 is 17.6 Å². The molecule has 0 heterocycles. The summed E-state index contributed by atoms with van der Waals surface area (Å²) >= 11 is 0. The molecule has 0 aliphatic rings. The van der Waals surface area contributed by atoms with Crippen LogP contribution in [0.4, 0.5) is 4.39 Å². The number of carbonyl (C=O) groups is 1. The highest BCUT2D eigenvalue weighted by molar-refractivity contribution is 7.89. The van der Waals surface area contributed by atoms with Gasteiger partial charge in [-0.1, -0.05) is 45.7 Å². The molecule has 1 aromatic rings. The first-order valence-electron chi connectivity index (χ1n) is 8.50. The Morgan fingerprint density at radius 1 is 1.27 bits per heavy atom. The number of halogens is 2. The first-order valence-corrected chi connectivity index (χ1v) is 9.98. The number of carbonyl (C=O) groups excluding carboxylic acids is 1. The van der Waals surface area contributed by atoms with Crippen LogP contribution in [-0.2, 0) is 14.8 Å². The Balaban J connectivity index is 0.00000625. The second-order valence-corrected chi connectivity index (χ2v) is 8.04. The zero-order valence-electron chi connectivity index (χ0n) is 15.4. The molecule has 0 aromatic heterocycles. The van der Waals surface area contributed by atoms with Gasteiger partial charge in [-0.2, -0.15) is 4.72 Å². The van der Waals surface area contributed by atoms with E-state index in [0.29, 0.717) is 0 Å². The topological polar surface area (TPSA) is 101 Å². The molecule has 0 aliphatic heterocycles. The fourth-order valence-electron chi connectivity index (χ4n) is 2.38. The van der Waals surface area contributed by atoms with Gasteiger partial charge in [0.2, 0.25) is 15.9 Å². The Morgan fingerprint density at radius 2 is 1.88 bits per heavy atom. The smallest absolute Gasteiger partial charge is 0.244 e. The van der Waals surface area contributed by atoms with Crippen LogP contribution < -0.4 is 15.8 Å². The highest BCUT2D eigenvalue weighted by atomic mass is 35.5. The average Bonchev–Trinajstić information content (AvgIpc) is 2.56. The molecule has 0 saturated carbocycles. The summed E-state index contributed by atoms with van der Waals surface area (Å²) in [5.74, 6) is -1.63. The van der Waals surface area contributed by atoms with Gasteiger partial charge in [0.25, 0.3) is 0 Å². The lowest BCUT2D eigenvalue weighted by molar-refractivity contribution is -0.124. The Hall–Kier alpha value is -1.22. The predicted molar refractivity (Wildman–Crippen MR) is 103 cm³/mol. The van der Waals surface area contributed by atoms with Crippen molar-refractivity contribution >= 4 is 28.3 Å². The van der Waals surface area contributed by atoms with E-state index in [-0.39, 0.29) is 30.9 Å². The molecule has 26 heavy (non-hydrogen) atoms. The van der Waals surface area contributed by atoms with Crippen LogP contribution in [0.15, 0.2) is 29.2 Å². The van der Waals surface area contributed by atoms with E-state index < -0.39 is 32.7 Å². The van der Waals surface area contributed by atoms with Gasteiger partial charge in [-0.05, 0) is 24.5 Å². The van der Waals surface area contributed by atoms with Crippen LogP contribution in [0.25, 0.3) is 0 Å². The van der Waals surface area contributed by atoms with Gasteiger partial charge in [0, 0.05) is 12.6 Å². The van der Waals surface area contributed by atoms with Gasteiger partial charge in [-0.3, -0.25) is 4.79 Å². The minimum Gasteiger partial charge on any atom is -0.351 e. The number of rotatable bonds is 10. The number of benzene rings is 1. The van der Waals surface area contributed by atoms with E-state index in [1.165, 1.54) is 12.1 Å². The maximum absolute atomic E-state index is 13.8. The maximum Gasteiger partial charge on any atom is 0.244 e. The van der Waals surface area contributed by atoms with Crippen LogP contribution in [0.1, 0.15) is 40.0 Å². The predicted octanol–water partition coefficient (Wildman–Crippen LogP) is 2.18. The molecule has 0 bridgehead atoms. The molecule has 9 heteroatoms. The molecule has 0 fully saturated rings. The third kappa shape index (κ3) is 7.19. The van der Waals surface area contributed by atoms with Gasteiger partial charge < -0.3 is 11.1 Å². The third-order valence-corrected chi connectivity index (χ3v) is 5.37. The first-order chi connectivity index (χ1) is 11.7. The number of sulfonamides is 1. The highest BCUT2D eigenvalue weighted by Gasteiger charge is 2.30. The van der Waals surface area contributed by atoms with Gasteiger partial charge in [-0.15, -0.1) is 12.4 Å². The van der Waals surface area contributed by atoms with E-state index in [2.05, 4.69) is 10.0 Å². The second kappa shape index (κ2) is 11.5. The van der Waals surface area contributed by atoms with E-state index in [1.807, 2.05) is 6.92 Å². The number of amides is 1. The Morgan fingerprint density at radius 3 is 2.38 bits per heavy atom. The summed E-state index contributed by atoms with van der Waals surface area (Å²) < 4.78 is 41.0. The summed E-state index contributed by atoms with van der Waals surface area (Å²) in [6.45, 7) is 5.75. The molecule has 0 saturated heterocycles. The Bertz CT molecular complexity index is 671. The van der Waals surface area contributed by atoms with Crippen LogP contribution in [0.5, 0.6) is 0 Å². The van der Waals surface area contributed by atoms with Crippen LogP contribution in [0.2, 0.25) is 0 Å². The molecule has 1 aromatic carbocycles. The fourth-order valence-corrected chi connectivity index (χ4v) is 3.80. The van der Waals surface area contributed by atoms with Crippen LogP contribution in [-0.4, -0.2) is 33.0 Å². The van der Waals surface area contributed by atoms with Gasteiger partial charge >= 0.3 is 0 Å². The van der Waals surface area contributed by atoms with Crippen molar-refractivity contribution in [3.63, 3.8) is 0 Å². The zero-order chi connectivity index (χ0) is 19.0. The molecule has 4 N–H and O–H groups in total. The first kappa shape index (κ1) is 24.8. The highest BCUT2D eigenvalue weighted by Crippen LogP contribution is 2.15. The molecule has 1 rings (SSSR count). The van der Waals surface area contributed by atoms with Gasteiger partial charge in [-0.25, -0.2) is 12.8 Å². The summed E-state index contributed by atoms with van der Waals surface area (Å²) in [4.78, 5) is 12.0. The van der Waals surface area contributed by atoms with E-state index >= 15 is 0 Å². The standard InChI is InChI=1S/C17H28FN3O3S.ClH/c1-4-5-8-13(11-19)20-17(22)16(12(2)3)21-25(23,24)15-10-7-6-9-14(15)18;/h6-7,9-10,12-13,16,21H,4-5,8,11,19H2,1-3H3,(H,20,22);1H. The largest absolute Gasteiger partial charge is 0.351 e. The third-order valence-electron chi connectivity index (χ3n) is 3.89. The lowest BCUT2D eigenvalue weighted by Gasteiger charge is -2.25. The number of nitrogens with one attached hydrogen (secondary N) is 2. The van der Waals surface area contributed by atoms with Crippen molar-refractivity contribution in [3.8, 4) is 0 Å². The molecule has 1 amide bonds. The molecular formula is C17H29ClFN3O3S. The molecule has 2 unspecified atom stereocenters. The van der Waals surface area contributed by atoms with Gasteiger partial charge in [0.15, 0.2) is 0 Å². The van der Waals surface area contributed by atoms with Crippen LogP contribution in [0.3, 0.4) is 0 Å². The summed E-state index contributed by atoms with van der Waals surface area (Å²) in [6.07, 6.45) is 2.61. The summed E-state index contributed by atoms with van der Waals surface area (Å²) in [5.41, 5.74) is 5.67. The van der Waals surface area contributed by atoms with Crippen molar-refractivity contribution in [2.24, 2.45) is 11.7 Å². The molecule has 2 atom stereocenters. The van der Waals surface area contributed by atoms with E-state index in [1.54, 1.807) is 13.8 Å². The van der Waals surface area contributed by atoms with Gasteiger partial charge in [0.1, 0.15) is 16.8 Å². The number of nitrogens with two attached hydrogens (primary N) is 1. The normalized spacial score (nSPS) is 13.8. The molecule has 0 spiro atoms. The van der Waals surface area contributed by atoms with Crippen LogP contribution in [0, 0.1) is 11.7 Å². The Labute approximate surface area is 161 Å². The van der Waals surface area contributed by atoms with E-state index in [0.717, 1.165) is 31.4 Å². The van der Waals surface area contributed by atoms with Crippen LogP contribution >= 0.6 is 12.4 Å². The molecule has 0 radical (unpaired) electrons. The van der Waals surface area contributed by atoms with Crippen molar-refractivity contribution in [3.05, 3.63) is 30.1 Å². The summed E-state index contributed by atoms with van der Waals surface area (Å²) in [6, 6.07) is 3.83. The fraction of sp³-hybridized carbons (Fsp3) is 0.588. The van der Waals surface area contributed by atoms with Crippen molar-refractivity contribution in [2.75, 3.05) is 6.54 Å². The monoisotopic (exact) mass is 409 g/mol. The van der Waals surface area contributed by atoms with E-state index in [9.17, 15) is 17.6 Å². The second-order valence-electron chi connectivity index (χ2n) is 6.36. The SMILES string of the molecule is CCCCC(CN)NC(=O)C(NS(=O)(=O)c1ccccc1F)C(C)C.Cl. The number of unbranched alkanes of at least 4 members (excludes halogenated alkanes) is 1. The molecular weight excluding hydrogens is 381 g/mol. The number of hydrogen-bond donors (Lipinski definition) is 3. The quantitative estimate of drug-likeness (QED) is 0.551. The van der Waals surface area contributed by atoms with Gasteiger partial charge in [0.05, 0.1) is 0 Å². The maximum atomic E-state index is 13.8. The van der Waals surface area contributed by atoms with Crippen molar-refractivity contribution in [2.45, 2.75) is 57.0 Å². The van der Waals surface area contributed by atoms with E-state index in [4.69, 9.17) is 5.73 Å². The van der Waals surface area contributed by atoms with Crippen molar-refractivity contribution in [1.29, 1.82) is 0 Å². The van der Waals surface area contributed by atoms with Crippen molar-refractivity contribution in [1.82, 2.24) is 10.0 Å². The Kier molecular flexibility index (Phi) is 10.9. The molecule has 6 nitrogen and oxygen atoms in total. The lowest BCUT2D eigenvalue weighted by Crippen LogP contribution is -2.53. The minimum absolute atomic E-state index is 0. The molecule has 150 valence electrons. The zero-order valence-corrected chi connectivity index (χ0v) is 17.0.